The second-order valence-corrected chi connectivity index (χ2v) is 7.36. The summed E-state index contributed by atoms with van der Waals surface area (Å²) in [7, 11) is -1.81. The molecule has 0 aromatic heterocycles. The number of halogens is 1. The Labute approximate surface area is 122 Å². The monoisotopic (exact) mass is 381 g/mol. The predicted molar refractivity (Wildman–Crippen MR) is 78.3 cm³/mol. The molecule has 1 fully saturated rings. The highest BCUT2D eigenvalue weighted by atomic mass is 127. The van der Waals surface area contributed by atoms with Crippen molar-refractivity contribution in [1.82, 2.24) is 4.31 Å². The molecule has 1 aromatic carbocycles. The van der Waals surface area contributed by atoms with E-state index in [0.29, 0.717) is 23.7 Å². The molecule has 0 unspecified atom stereocenters. The zero-order chi connectivity index (χ0) is 13.2. The first-order valence-electron chi connectivity index (χ1n) is 5.89. The molecule has 6 heteroatoms. The maximum absolute atomic E-state index is 12.4. The summed E-state index contributed by atoms with van der Waals surface area (Å²) in [5.41, 5.74) is 0. The third kappa shape index (κ3) is 2.80. The Kier molecular flexibility index (Phi) is 4.50. The number of sulfonamides is 1. The average Bonchev–Trinajstić information content (AvgIpc) is 2.40. The highest BCUT2D eigenvalue weighted by Gasteiger charge is 2.26. The van der Waals surface area contributed by atoms with Crippen molar-refractivity contribution in [3.63, 3.8) is 0 Å². The number of piperidine rings is 1. The van der Waals surface area contributed by atoms with Gasteiger partial charge < -0.3 is 4.74 Å². The molecular weight excluding hydrogens is 365 g/mol. The highest BCUT2D eigenvalue weighted by molar-refractivity contribution is 14.1. The smallest absolute Gasteiger partial charge is 0.243 e. The molecule has 1 aliphatic rings. The maximum atomic E-state index is 12.4. The lowest BCUT2D eigenvalue weighted by molar-refractivity contribution is 0.346. The predicted octanol–water partition coefficient (Wildman–Crippen LogP) is 2.47. The third-order valence-electron chi connectivity index (χ3n) is 3.08. The van der Waals surface area contributed by atoms with E-state index >= 15 is 0 Å². The number of benzene rings is 1. The van der Waals surface area contributed by atoms with Gasteiger partial charge >= 0.3 is 0 Å². The Morgan fingerprint density at radius 3 is 2.50 bits per heavy atom. The van der Waals surface area contributed by atoms with Crippen LogP contribution in [0.5, 0.6) is 5.75 Å². The van der Waals surface area contributed by atoms with Gasteiger partial charge in [0.1, 0.15) is 5.75 Å². The van der Waals surface area contributed by atoms with Crippen LogP contribution in [0.2, 0.25) is 0 Å². The van der Waals surface area contributed by atoms with E-state index in [-0.39, 0.29) is 0 Å². The lowest BCUT2D eigenvalue weighted by atomic mass is 10.2. The van der Waals surface area contributed by atoms with Gasteiger partial charge in [-0.25, -0.2) is 8.42 Å². The Bertz CT molecular complexity index is 524. The van der Waals surface area contributed by atoms with Crippen LogP contribution >= 0.6 is 22.6 Å². The van der Waals surface area contributed by atoms with E-state index in [1.807, 2.05) is 0 Å². The first-order chi connectivity index (χ1) is 8.55. The van der Waals surface area contributed by atoms with E-state index < -0.39 is 10.0 Å². The summed E-state index contributed by atoms with van der Waals surface area (Å²) >= 11 is 2.13. The van der Waals surface area contributed by atoms with E-state index in [4.69, 9.17) is 4.74 Å². The summed E-state index contributed by atoms with van der Waals surface area (Å²) < 4.78 is 32.5. The molecular formula is C12H16INO3S. The topological polar surface area (TPSA) is 46.6 Å². The Morgan fingerprint density at radius 2 is 1.89 bits per heavy atom. The molecule has 4 nitrogen and oxygen atoms in total. The zero-order valence-electron chi connectivity index (χ0n) is 10.2. The van der Waals surface area contributed by atoms with Crippen molar-refractivity contribution in [2.45, 2.75) is 24.2 Å². The molecule has 0 atom stereocenters. The van der Waals surface area contributed by atoms with Crippen LogP contribution in [0.1, 0.15) is 19.3 Å². The van der Waals surface area contributed by atoms with Crippen molar-refractivity contribution >= 4 is 32.6 Å². The van der Waals surface area contributed by atoms with Crippen molar-refractivity contribution in [2.75, 3.05) is 20.2 Å². The number of hydrogen-bond donors (Lipinski definition) is 0. The molecule has 0 amide bonds. The second-order valence-electron chi connectivity index (χ2n) is 4.26. The number of methoxy groups -OCH3 is 1. The molecule has 0 saturated carbocycles. The van der Waals surface area contributed by atoms with Crippen LogP contribution in [0.3, 0.4) is 0 Å². The molecule has 0 N–H and O–H groups in total. The number of rotatable bonds is 3. The highest BCUT2D eigenvalue weighted by Crippen LogP contribution is 2.27. The molecule has 100 valence electrons. The minimum atomic E-state index is -3.36. The molecule has 0 bridgehead atoms. The van der Waals surface area contributed by atoms with E-state index in [2.05, 4.69) is 22.6 Å². The van der Waals surface area contributed by atoms with Crippen LogP contribution in [0, 0.1) is 3.57 Å². The van der Waals surface area contributed by atoms with Crippen molar-refractivity contribution in [1.29, 1.82) is 0 Å². The fourth-order valence-corrected chi connectivity index (χ4v) is 4.14. The molecule has 18 heavy (non-hydrogen) atoms. The van der Waals surface area contributed by atoms with Crippen molar-refractivity contribution in [3.8, 4) is 5.75 Å². The summed E-state index contributed by atoms with van der Waals surface area (Å²) in [6.07, 6.45) is 3.00. The zero-order valence-corrected chi connectivity index (χ0v) is 13.2. The molecule has 1 heterocycles. The summed E-state index contributed by atoms with van der Waals surface area (Å²) in [5, 5.41) is 0. The van der Waals surface area contributed by atoms with Crippen LogP contribution in [0.25, 0.3) is 0 Å². The van der Waals surface area contributed by atoms with Crippen LogP contribution < -0.4 is 4.74 Å². The SMILES string of the molecule is COc1cc(S(=O)(=O)N2CCCCC2)ccc1I. The van der Waals surface area contributed by atoms with Gasteiger partial charge in [0.25, 0.3) is 0 Å². The largest absolute Gasteiger partial charge is 0.496 e. The van der Waals surface area contributed by atoms with Gasteiger partial charge in [-0.2, -0.15) is 4.31 Å². The lowest BCUT2D eigenvalue weighted by Crippen LogP contribution is -2.35. The van der Waals surface area contributed by atoms with Gasteiger partial charge in [0, 0.05) is 19.2 Å². The van der Waals surface area contributed by atoms with Gasteiger partial charge in [-0.3, -0.25) is 0 Å². The normalized spacial score (nSPS) is 17.7. The fourth-order valence-electron chi connectivity index (χ4n) is 2.05. The average molecular weight is 381 g/mol. The second kappa shape index (κ2) is 5.75. The van der Waals surface area contributed by atoms with Gasteiger partial charge in [-0.05, 0) is 47.6 Å². The summed E-state index contributed by atoms with van der Waals surface area (Å²) in [6, 6.07) is 5.02. The van der Waals surface area contributed by atoms with Crippen LogP contribution in [0.15, 0.2) is 23.1 Å². The molecule has 0 spiro atoms. The first-order valence-corrected chi connectivity index (χ1v) is 8.41. The molecule has 1 aliphatic heterocycles. The Morgan fingerprint density at radius 1 is 1.22 bits per heavy atom. The van der Waals surface area contributed by atoms with Crippen molar-refractivity contribution in [2.24, 2.45) is 0 Å². The van der Waals surface area contributed by atoms with Crippen LogP contribution in [0.4, 0.5) is 0 Å². The summed E-state index contributed by atoms with van der Waals surface area (Å²) in [5.74, 6) is 0.605. The number of hydrogen-bond acceptors (Lipinski definition) is 3. The van der Waals surface area contributed by atoms with E-state index in [9.17, 15) is 8.42 Å². The fraction of sp³-hybridized carbons (Fsp3) is 0.500. The molecule has 1 aromatic rings. The molecule has 1 saturated heterocycles. The Hall–Kier alpha value is -0.340. The minimum Gasteiger partial charge on any atom is -0.496 e. The summed E-state index contributed by atoms with van der Waals surface area (Å²) in [4.78, 5) is 0.321. The molecule has 0 aliphatic carbocycles. The van der Waals surface area contributed by atoms with Gasteiger partial charge in [-0.15, -0.1) is 0 Å². The molecule has 2 rings (SSSR count). The van der Waals surface area contributed by atoms with Gasteiger partial charge in [-0.1, -0.05) is 6.42 Å². The third-order valence-corrected chi connectivity index (χ3v) is 5.86. The van der Waals surface area contributed by atoms with Crippen LogP contribution in [-0.4, -0.2) is 32.9 Å². The minimum absolute atomic E-state index is 0.321. The first kappa shape index (κ1) is 14.1. The van der Waals surface area contributed by atoms with Crippen LogP contribution in [-0.2, 0) is 10.0 Å². The molecule has 0 radical (unpaired) electrons. The van der Waals surface area contributed by atoms with E-state index in [1.54, 1.807) is 29.6 Å². The number of ether oxygens (including phenoxy) is 1. The van der Waals surface area contributed by atoms with E-state index in [1.165, 1.54) is 0 Å². The lowest BCUT2D eigenvalue weighted by Gasteiger charge is -2.26. The van der Waals surface area contributed by atoms with Crippen molar-refractivity contribution in [3.05, 3.63) is 21.8 Å². The maximum Gasteiger partial charge on any atom is 0.243 e. The number of nitrogens with zero attached hydrogens (tertiary/aromatic N) is 1. The Balaban J connectivity index is 2.34. The van der Waals surface area contributed by atoms with Crippen molar-refractivity contribution < 1.29 is 13.2 Å². The van der Waals surface area contributed by atoms with Gasteiger partial charge in [0.05, 0.1) is 15.6 Å². The van der Waals surface area contributed by atoms with Gasteiger partial charge in [0.15, 0.2) is 0 Å². The van der Waals surface area contributed by atoms with Gasteiger partial charge in [0.2, 0.25) is 10.0 Å². The van der Waals surface area contributed by atoms with E-state index in [0.717, 1.165) is 22.8 Å². The standard InChI is InChI=1S/C12H16INO3S/c1-17-12-9-10(5-6-11(12)13)18(15,16)14-7-3-2-4-8-14/h5-6,9H,2-4,7-8H2,1H3. The summed E-state index contributed by atoms with van der Waals surface area (Å²) in [6.45, 7) is 1.24. The quantitative estimate of drug-likeness (QED) is 0.756.